The molecule has 0 unspecified atom stereocenters. The highest BCUT2D eigenvalue weighted by atomic mass is 32.2. The Morgan fingerprint density at radius 3 is 2.32 bits per heavy atom. The molecule has 1 saturated heterocycles. The minimum Gasteiger partial charge on any atom is -0.322 e. The molecule has 8 heteroatoms. The van der Waals surface area contributed by atoms with E-state index in [1.54, 1.807) is 24.8 Å². The summed E-state index contributed by atoms with van der Waals surface area (Å²) in [6.07, 6.45) is 2.49. The van der Waals surface area contributed by atoms with Crippen LogP contribution in [0.25, 0.3) is 0 Å². The summed E-state index contributed by atoms with van der Waals surface area (Å²) >= 11 is 0. The van der Waals surface area contributed by atoms with Crippen LogP contribution in [0.4, 0.5) is 11.4 Å². The van der Waals surface area contributed by atoms with Gasteiger partial charge in [-0.2, -0.15) is 4.31 Å². The molecule has 2 amide bonds. The fourth-order valence-corrected chi connectivity index (χ4v) is 5.25. The summed E-state index contributed by atoms with van der Waals surface area (Å²) in [5.41, 5.74) is 2.77. The smallest absolute Gasteiger partial charge is 0.255 e. The number of hydrogen-bond donors (Lipinski definition) is 1. The second-order valence-corrected chi connectivity index (χ2v) is 9.51. The zero-order valence-corrected chi connectivity index (χ0v) is 19.0. The molecule has 1 heterocycles. The van der Waals surface area contributed by atoms with Gasteiger partial charge in [-0.3, -0.25) is 9.59 Å². The number of nitrogens with zero attached hydrogens (tertiary/aromatic N) is 2. The molecule has 0 atom stereocenters. The molecular formula is C23H29N3O4S. The Morgan fingerprint density at radius 2 is 1.74 bits per heavy atom. The van der Waals surface area contributed by atoms with Crippen LogP contribution in [-0.4, -0.2) is 44.2 Å². The van der Waals surface area contributed by atoms with Crippen molar-refractivity contribution < 1.29 is 18.0 Å². The highest BCUT2D eigenvalue weighted by Crippen LogP contribution is 2.27. The molecule has 0 saturated carbocycles. The summed E-state index contributed by atoms with van der Waals surface area (Å²) in [6, 6.07) is 11.4. The molecule has 166 valence electrons. The van der Waals surface area contributed by atoms with Crippen molar-refractivity contribution in [1.82, 2.24) is 4.31 Å². The molecule has 0 aliphatic carbocycles. The summed E-state index contributed by atoms with van der Waals surface area (Å²) in [5, 5.41) is 2.84. The van der Waals surface area contributed by atoms with Crippen LogP contribution in [0, 0.1) is 6.92 Å². The average molecular weight is 444 g/mol. The minimum atomic E-state index is -3.56. The lowest BCUT2D eigenvalue weighted by atomic mass is 10.1. The lowest BCUT2D eigenvalue weighted by molar-refractivity contribution is -0.119. The Kier molecular flexibility index (Phi) is 7.12. The van der Waals surface area contributed by atoms with E-state index in [4.69, 9.17) is 0 Å². The Labute approximate surface area is 184 Å². The summed E-state index contributed by atoms with van der Waals surface area (Å²) in [6.45, 7) is 6.99. The Hall–Kier alpha value is -2.71. The Morgan fingerprint density at radius 1 is 1.06 bits per heavy atom. The molecule has 1 N–H and O–H groups in total. The number of amides is 2. The maximum Gasteiger partial charge on any atom is 0.255 e. The van der Waals surface area contributed by atoms with Crippen LogP contribution < -0.4 is 10.2 Å². The molecule has 0 spiro atoms. The lowest BCUT2D eigenvalue weighted by Gasteiger charge is -2.28. The average Bonchev–Trinajstić information content (AvgIpc) is 2.75. The van der Waals surface area contributed by atoms with Crippen molar-refractivity contribution in [2.75, 3.05) is 29.9 Å². The van der Waals surface area contributed by atoms with E-state index in [2.05, 4.69) is 5.32 Å². The van der Waals surface area contributed by atoms with Crippen molar-refractivity contribution in [2.24, 2.45) is 0 Å². The molecule has 31 heavy (non-hydrogen) atoms. The third kappa shape index (κ3) is 4.97. The number of carbonyl (C=O) groups is 2. The topological polar surface area (TPSA) is 86.8 Å². The predicted molar refractivity (Wildman–Crippen MR) is 122 cm³/mol. The van der Waals surface area contributed by atoms with E-state index in [1.807, 2.05) is 19.1 Å². The van der Waals surface area contributed by atoms with Gasteiger partial charge in [-0.15, -0.1) is 0 Å². The van der Waals surface area contributed by atoms with Crippen LogP contribution in [0.1, 0.15) is 49.0 Å². The fraction of sp³-hybridized carbons (Fsp3) is 0.391. The third-order valence-corrected chi connectivity index (χ3v) is 7.59. The van der Waals surface area contributed by atoms with Crippen molar-refractivity contribution in [1.29, 1.82) is 0 Å². The number of nitrogens with one attached hydrogen (secondary N) is 1. The van der Waals surface area contributed by atoms with Crippen molar-refractivity contribution in [3.8, 4) is 0 Å². The molecule has 1 fully saturated rings. The van der Waals surface area contributed by atoms with E-state index >= 15 is 0 Å². The Balaban J connectivity index is 1.73. The van der Waals surface area contributed by atoms with Gasteiger partial charge in [-0.05, 0) is 67.8 Å². The van der Waals surface area contributed by atoms with Gasteiger partial charge < -0.3 is 10.2 Å². The first-order valence-corrected chi connectivity index (χ1v) is 12.0. The van der Waals surface area contributed by atoms with Gasteiger partial charge in [0.05, 0.1) is 4.90 Å². The van der Waals surface area contributed by atoms with Crippen LogP contribution in [-0.2, 0) is 14.8 Å². The van der Waals surface area contributed by atoms with E-state index < -0.39 is 10.0 Å². The van der Waals surface area contributed by atoms with Gasteiger partial charge in [-0.25, -0.2) is 8.42 Å². The van der Waals surface area contributed by atoms with E-state index in [9.17, 15) is 18.0 Å². The number of piperidine rings is 1. The first kappa shape index (κ1) is 23.0. The van der Waals surface area contributed by atoms with Gasteiger partial charge in [0, 0.05) is 43.0 Å². The molecule has 7 nitrogen and oxygen atoms in total. The monoisotopic (exact) mass is 443 g/mol. The molecule has 1 aliphatic rings. The number of carbonyl (C=O) groups excluding carboxylic acids is 2. The van der Waals surface area contributed by atoms with Crippen LogP contribution in [0.15, 0.2) is 47.4 Å². The first-order chi connectivity index (χ1) is 14.8. The van der Waals surface area contributed by atoms with Gasteiger partial charge >= 0.3 is 0 Å². The van der Waals surface area contributed by atoms with Crippen molar-refractivity contribution in [2.45, 2.75) is 44.9 Å². The summed E-state index contributed by atoms with van der Waals surface area (Å²) in [4.78, 5) is 26.8. The number of rotatable bonds is 7. The second-order valence-electron chi connectivity index (χ2n) is 7.57. The molecule has 2 aromatic carbocycles. The van der Waals surface area contributed by atoms with Crippen molar-refractivity contribution >= 4 is 33.2 Å². The largest absolute Gasteiger partial charge is 0.322 e. The van der Waals surface area contributed by atoms with E-state index in [0.29, 0.717) is 37.3 Å². The number of benzene rings is 2. The van der Waals surface area contributed by atoms with Crippen molar-refractivity contribution in [3.63, 3.8) is 0 Å². The maximum atomic E-state index is 12.6. The molecule has 0 bridgehead atoms. The normalized spacial score (nSPS) is 14.7. The van der Waals surface area contributed by atoms with E-state index in [-0.39, 0.29) is 16.7 Å². The molecule has 2 aromatic rings. The first-order valence-electron chi connectivity index (χ1n) is 10.6. The number of aryl methyl sites for hydroxylation is 1. The summed E-state index contributed by atoms with van der Waals surface area (Å²) in [7, 11) is -3.56. The molecule has 3 rings (SSSR count). The van der Waals surface area contributed by atoms with E-state index in [0.717, 1.165) is 24.1 Å². The minimum absolute atomic E-state index is 0.130. The van der Waals surface area contributed by atoms with Crippen molar-refractivity contribution in [3.05, 3.63) is 53.6 Å². The van der Waals surface area contributed by atoms with E-state index in [1.165, 1.54) is 28.6 Å². The van der Waals surface area contributed by atoms with Crippen LogP contribution in [0.5, 0.6) is 0 Å². The highest BCUT2D eigenvalue weighted by molar-refractivity contribution is 7.89. The molecule has 0 radical (unpaired) electrons. The van der Waals surface area contributed by atoms with Gasteiger partial charge in [0.2, 0.25) is 15.9 Å². The van der Waals surface area contributed by atoms with Gasteiger partial charge in [0.15, 0.2) is 0 Å². The fourth-order valence-electron chi connectivity index (χ4n) is 3.79. The Bertz CT molecular complexity index is 1060. The summed E-state index contributed by atoms with van der Waals surface area (Å²) < 4.78 is 26.5. The standard InChI is InChI=1S/C23H29N3O4S/c1-4-25(5-2)31(29,30)20-12-9-18(10-13-20)23(28)24-19-11-14-21(17(3)16-19)26-15-7-6-8-22(26)27/h9-14,16H,4-8,15H2,1-3H3,(H,24,28). The van der Waals surface area contributed by atoms with Crippen LogP contribution in [0.2, 0.25) is 0 Å². The quantitative estimate of drug-likeness (QED) is 0.705. The van der Waals surface area contributed by atoms with Crippen LogP contribution in [0.3, 0.4) is 0 Å². The highest BCUT2D eigenvalue weighted by Gasteiger charge is 2.23. The second kappa shape index (κ2) is 9.62. The van der Waals surface area contributed by atoms with Gasteiger partial charge in [-0.1, -0.05) is 13.8 Å². The van der Waals surface area contributed by atoms with Gasteiger partial charge in [0.1, 0.15) is 0 Å². The lowest BCUT2D eigenvalue weighted by Crippen LogP contribution is -2.35. The zero-order chi connectivity index (χ0) is 22.6. The molecule has 0 aromatic heterocycles. The van der Waals surface area contributed by atoms with Crippen LogP contribution >= 0.6 is 0 Å². The molecule has 1 aliphatic heterocycles. The molecular weight excluding hydrogens is 414 g/mol. The zero-order valence-electron chi connectivity index (χ0n) is 18.2. The predicted octanol–water partition coefficient (Wildman–Crippen LogP) is 3.79. The number of sulfonamides is 1. The number of anilines is 2. The maximum absolute atomic E-state index is 12.6. The van der Waals surface area contributed by atoms with Gasteiger partial charge in [0.25, 0.3) is 5.91 Å². The SMILES string of the molecule is CCN(CC)S(=O)(=O)c1ccc(C(=O)Nc2ccc(N3CCCCC3=O)c(C)c2)cc1. The summed E-state index contributed by atoms with van der Waals surface area (Å²) in [5.74, 6) is -0.195. The third-order valence-electron chi connectivity index (χ3n) is 5.53. The number of hydrogen-bond acceptors (Lipinski definition) is 4.